The van der Waals surface area contributed by atoms with Crippen molar-refractivity contribution in [1.82, 2.24) is 34.8 Å². The highest BCUT2D eigenvalue weighted by Gasteiger charge is 2.13. The molecular weight excluding hydrogens is 342 g/mol. The SMILES string of the molecule is CC(Cn1cncn1)NC(=O)c1cnc2c(cnn2Cc2ccccc2)c1. The van der Waals surface area contributed by atoms with Crippen molar-refractivity contribution in [1.29, 1.82) is 0 Å². The number of carbonyl (C=O) groups excluding carboxylic acids is 1. The van der Waals surface area contributed by atoms with E-state index >= 15 is 0 Å². The quantitative estimate of drug-likeness (QED) is 0.566. The minimum absolute atomic E-state index is 0.0873. The molecule has 3 heterocycles. The lowest BCUT2D eigenvalue weighted by Crippen LogP contribution is -2.35. The van der Waals surface area contributed by atoms with Crippen molar-refractivity contribution in [3.05, 3.63) is 72.6 Å². The third-order valence-electron chi connectivity index (χ3n) is 4.22. The van der Waals surface area contributed by atoms with Crippen molar-refractivity contribution in [3.8, 4) is 0 Å². The fourth-order valence-electron chi connectivity index (χ4n) is 2.93. The van der Waals surface area contributed by atoms with Gasteiger partial charge < -0.3 is 5.32 Å². The van der Waals surface area contributed by atoms with Crippen LogP contribution in [0.15, 0.2) is 61.4 Å². The number of pyridine rings is 1. The molecule has 1 N–H and O–H groups in total. The van der Waals surface area contributed by atoms with Crippen molar-refractivity contribution in [2.75, 3.05) is 0 Å². The van der Waals surface area contributed by atoms with E-state index in [1.54, 1.807) is 23.4 Å². The van der Waals surface area contributed by atoms with Crippen LogP contribution in [0.5, 0.6) is 0 Å². The molecule has 4 rings (SSSR count). The Kier molecular flexibility index (Phi) is 4.61. The van der Waals surface area contributed by atoms with Gasteiger partial charge in [0.1, 0.15) is 12.7 Å². The molecular formula is C19H19N7O. The van der Waals surface area contributed by atoms with Crippen LogP contribution < -0.4 is 5.32 Å². The number of hydrogen-bond donors (Lipinski definition) is 1. The molecule has 8 nitrogen and oxygen atoms in total. The Morgan fingerprint density at radius 3 is 2.81 bits per heavy atom. The maximum atomic E-state index is 12.5. The van der Waals surface area contributed by atoms with Crippen LogP contribution in [0.4, 0.5) is 0 Å². The molecule has 4 aromatic rings. The van der Waals surface area contributed by atoms with E-state index in [1.807, 2.05) is 48.0 Å². The summed E-state index contributed by atoms with van der Waals surface area (Å²) in [5.74, 6) is -0.173. The van der Waals surface area contributed by atoms with Gasteiger partial charge in [0.25, 0.3) is 5.91 Å². The molecule has 3 aromatic heterocycles. The van der Waals surface area contributed by atoms with Gasteiger partial charge in [0, 0.05) is 17.6 Å². The lowest BCUT2D eigenvalue weighted by molar-refractivity contribution is 0.0936. The van der Waals surface area contributed by atoms with Crippen LogP contribution in [0.1, 0.15) is 22.8 Å². The molecule has 0 saturated carbocycles. The standard InChI is InChI=1S/C19H19N7O/c1-14(10-25-13-20-12-23-25)24-19(27)17-7-16-9-22-26(18(16)21-8-17)11-15-5-3-2-4-6-15/h2-9,12-14H,10-11H2,1H3,(H,24,27). The van der Waals surface area contributed by atoms with Crippen LogP contribution in [0.2, 0.25) is 0 Å². The topological polar surface area (TPSA) is 90.5 Å². The minimum atomic E-state index is -0.173. The zero-order chi connectivity index (χ0) is 18.6. The van der Waals surface area contributed by atoms with Gasteiger partial charge in [-0.25, -0.2) is 14.6 Å². The number of hydrogen-bond acceptors (Lipinski definition) is 5. The first kappa shape index (κ1) is 16.9. The second-order valence-corrected chi connectivity index (χ2v) is 6.42. The van der Waals surface area contributed by atoms with Gasteiger partial charge in [-0.05, 0) is 18.6 Å². The van der Waals surface area contributed by atoms with Gasteiger partial charge >= 0.3 is 0 Å². The van der Waals surface area contributed by atoms with E-state index in [2.05, 4.69) is 25.5 Å². The Morgan fingerprint density at radius 1 is 1.19 bits per heavy atom. The van der Waals surface area contributed by atoms with Gasteiger partial charge in [-0.3, -0.25) is 9.48 Å². The zero-order valence-electron chi connectivity index (χ0n) is 14.9. The second-order valence-electron chi connectivity index (χ2n) is 6.42. The number of rotatable bonds is 6. The molecule has 1 atom stereocenters. The zero-order valence-corrected chi connectivity index (χ0v) is 14.9. The highest BCUT2D eigenvalue weighted by molar-refractivity contribution is 5.96. The first-order chi connectivity index (χ1) is 13.2. The largest absolute Gasteiger partial charge is 0.348 e. The van der Waals surface area contributed by atoms with Gasteiger partial charge in [0.15, 0.2) is 5.65 Å². The summed E-state index contributed by atoms with van der Waals surface area (Å²) in [6.07, 6.45) is 6.42. The molecule has 27 heavy (non-hydrogen) atoms. The summed E-state index contributed by atoms with van der Waals surface area (Å²) in [6, 6.07) is 11.8. The number of aromatic nitrogens is 6. The van der Waals surface area contributed by atoms with Crippen LogP contribution in [-0.4, -0.2) is 41.5 Å². The number of nitrogens with zero attached hydrogens (tertiary/aromatic N) is 6. The monoisotopic (exact) mass is 361 g/mol. The number of fused-ring (bicyclic) bond motifs is 1. The van der Waals surface area contributed by atoms with Crippen molar-refractivity contribution in [2.24, 2.45) is 0 Å². The third-order valence-corrected chi connectivity index (χ3v) is 4.22. The molecule has 8 heteroatoms. The van der Waals surface area contributed by atoms with E-state index in [1.165, 1.54) is 6.33 Å². The van der Waals surface area contributed by atoms with Crippen LogP contribution in [0.3, 0.4) is 0 Å². The summed E-state index contributed by atoms with van der Waals surface area (Å²) in [6.45, 7) is 3.11. The summed E-state index contributed by atoms with van der Waals surface area (Å²) in [7, 11) is 0. The highest BCUT2D eigenvalue weighted by atomic mass is 16.1. The van der Waals surface area contributed by atoms with E-state index < -0.39 is 0 Å². The molecule has 0 radical (unpaired) electrons. The number of benzene rings is 1. The lowest BCUT2D eigenvalue weighted by atomic mass is 10.2. The average molecular weight is 361 g/mol. The Labute approximate surface area is 155 Å². The van der Waals surface area contributed by atoms with E-state index in [-0.39, 0.29) is 11.9 Å². The maximum Gasteiger partial charge on any atom is 0.253 e. The molecule has 1 amide bonds. The molecule has 0 fully saturated rings. The molecule has 1 unspecified atom stereocenters. The molecule has 0 spiro atoms. The first-order valence-electron chi connectivity index (χ1n) is 8.68. The Bertz CT molecular complexity index is 1040. The third kappa shape index (κ3) is 3.84. The minimum Gasteiger partial charge on any atom is -0.348 e. The van der Waals surface area contributed by atoms with Crippen molar-refractivity contribution in [2.45, 2.75) is 26.1 Å². The molecule has 0 saturated heterocycles. The Balaban J connectivity index is 1.47. The summed E-state index contributed by atoms with van der Waals surface area (Å²) in [4.78, 5) is 20.9. The highest BCUT2D eigenvalue weighted by Crippen LogP contribution is 2.15. The van der Waals surface area contributed by atoms with E-state index in [4.69, 9.17) is 0 Å². The summed E-state index contributed by atoms with van der Waals surface area (Å²) in [5.41, 5.74) is 2.41. The normalized spacial score (nSPS) is 12.2. The van der Waals surface area contributed by atoms with Gasteiger partial charge in [0.2, 0.25) is 0 Å². The number of carbonyl (C=O) groups is 1. The Morgan fingerprint density at radius 2 is 2.04 bits per heavy atom. The van der Waals surface area contributed by atoms with E-state index in [0.29, 0.717) is 18.7 Å². The average Bonchev–Trinajstić information content (AvgIpc) is 3.32. The molecule has 0 bridgehead atoms. The van der Waals surface area contributed by atoms with E-state index in [0.717, 1.165) is 16.6 Å². The maximum absolute atomic E-state index is 12.5. The smallest absolute Gasteiger partial charge is 0.253 e. The van der Waals surface area contributed by atoms with Crippen LogP contribution >= 0.6 is 0 Å². The van der Waals surface area contributed by atoms with Crippen LogP contribution in [0, 0.1) is 0 Å². The predicted molar refractivity (Wildman–Crippen MR) is 100 cm³/mol. The van der Waals surface area contributed by atoms with E-state index in [9.17, 15) is 4.79 Å². The first-order valence-corrected chi connectivity index (χ1v) is 8.68. The van der Waals surface area contributed by atoms with Crippen LogP contribution in [-0.2, 0) is 13.1 Å². The summed E-state index contributed by atoms with van der Waals surface area (Å²) in [5, 5.41) is 12.2. The van der Waals surface area contributed by atoms with Crippen molar-refractivity contribution < 1.29 is 4.79 Å². The number of amides is 1. The predicted octanol–water partition coefficient (Wildman–Crippen LogP) is 1.89. The fraction of sp³-hybridized carbons (Fsp3) is 0.211. The van der Waals surface area contributed by atoms with Gasteiger partial charge in [0.05, 0.1) is 24.8 Å². The summed E-state index contributed by atoms with van der Waals surface area (Å²) >= 11 is 0. The van der Waals surface area contributed by atoms with Gasteiger partial charge in [-0.1, -0.05) is 30.3 Å². The second kappa shape index (κ2) is 7.36. The molecule has 136 valence electrons. The van der Waals surface area contributed by atoms with Crippen LogP contribution in [0.25, 0.3) is 11.0 Å². The summed E-state index contributed by atoms with van der Waals surface area (Å²) < 4.78 is 3.51. The fourth-order valence-corrected chi connectivity index (χ4v) is 2.93. The lowest BCUT2D eigenvalue weighted by Gasteiger charge is -2.13. The van der Waals surface area contributed by atoms with Gasteiger partial charge in [-0.15, -0.1) is 0 Å². The van der Waals surface area contributed by atoms with Crippen molar-refractivity contribution >= 4 is 16.9 Å². The number of nitrogens with one attached hydrogen (secondary N) is 1. The molecule has 0 aliphatic carbocycles. The molecule has 1 aromatic carbocycles. The van der Waals surface area contributed by atoms with Crippen molar-refractivity contribution in [3.63, 3.8) is 0 Å². The Hall–Kier alpha value is -3.55. The van der Waals surface area contributed by atoms with Gasteiger partial charge in [-0.2, -0.15) is 10.2 Å². The molecule has 0 aliphatic rings. The molecule has 0 aliphatic heterocycles.